The number of nitrogens with zero attached hydrogens (tertiary/aromatic N) is 1. The second-order valence-electron chi connectivity index (χ2n) is 6.52. The Hall–Kier alpha value is -2.35. The van der Waals surface area contributed by atoms with Crippen LogP contribution in [0.2, 0.25) is 10.0 Å². The number of nitrogens with one attached hydrogen (secondary N) is 1. The van der Waals surface area contributed by atoms with Crippen LogP contribution in [-0.4, -0.2) is 29.6 Å². The quantitative estimate of drug-likeness (QED) is 0.327. The average Bonchev–Trinajstić information content (AvgIpc) is 3.11. The van der Waals surface area contributed by atoms with E-state index in [9.17, 15) is 9.59 Å². The van der Waals surface area contributed by atoms with Crippen molar-refractivity contribution in [1.29, 1.82) is 0 Å². The molecule has 3 rings (SSSR count). The summed E-state index contributed by atoms with van der Waals surface area (Å²) in [5, 5.41) is 3.94. The highest BCUT2D eigenvalue weighted by atomic mass is 35.5. The van der Waals surface area contributed by atoms with Crippen LogP contribution in [0.1, 0.15) is 37.0 Å². The van der Waals surface area contributed by atoms with Gasteiger partial charge in [0.05, 0.1) is 27.4 Å². The summed E-state index contributed by atoms with van der Waals surface area (Å²) >= 11 is 13.2. The number of carbonyl (C=O) groups excluding carboxylic acids is 2. The number of fused-ring (bicyclic) bond motifs is 1. The SMILES string of the molecule is CCCCOC(=O)c1ccc2nc(NC(=O)[C@@H](C)Oc3ccc(Cl)cc3Cl)sc2c1. The predicted molar refractivity (Wildman–Crippen MR) is 120 cm³/mol. The summed E-state index contributed by atoms with van der Waals surface area (Å²) < 4.78 is 11.6. The van der Waals surface area contributed by atoms with Crippen molar-refractivity contribution in [2.45, 2.75) is 32.8 Å². The van der Waals surface area contributed by atoms with Crippen LogP contribution in [0.15, 0.2) is 36.4 Å². The van der Waals surface area contributed by atoms with E-state index in [0.29, 0.717) is 38.6 Å². The van der Waals surface area contributed by atoms with Gasteiger partial charge in [0, 0.05) is 5.02 Å². The van der Waals surface area contributed by atoms with E-state index in [1.165, 1.54) is 11.3 Å². The second kappa shape index (κ2) is 10.1. The number of hydrogen-bond donors (Lipinski definition) is 1. The Bertz CT molecular complexity index is 1070. The number of ether oxygens (including phenoxy) is 2. The molecular weight excluding hydrogens is 447 g/mol. The maximum absolute atomic E-state index is 12.5. The number of thiazole rings is 1. The van der Waals surface area contributed by atoms with Crippen LogP contribution in [0.25, 0.3) is 10.2 Å². The minimum absolute atomic E-state index is 0.320. The number of unbranched alkanes of at least 4 members (excludes halogenated alkanes) is 1. The fraction of sp³-hybridized carbons (Fsp3) is 0.286. The van der Waals surface area contributed by atoms with Crippen LogP contribution in [0.3, 0.4) is 0 Å². The fourth-order valence-corrected chi connectivity index (χ4v) is 3.88. The van der Waals surface area contributed by atoms with Gasteiger partial charge in [-0.2, -0.15) is 0 Å². The molecular formula is C21H20Cl2N2O4S. The maximum atomic E-state index is 12.5. The van der Waals surface area contributed by atoms with Gasteiger partial charge in [-0.15, -0.1) is 0 Å². The topological polar surface area (TPSA) is 77.5 Å². The van der Waals surface area contributed by atoms with Crippen LogP contribution in [-0.2, 0) is 9.53 Å². The summed E-state index contributed by atoms with van der Waals surface area (Å²) in [5.74, 6) is -0.385. The van der Waals surface area contributed by atoms with Gasteiger partial charge in [-0.05, 0) is 49.7 Å². The normalized spacial score (nSPS) is 11.9. The first-order valence-electron chi connectivity index (χ1n) is 9.37. The van der Waals surface area contributed by atoms with Gasteiger partial charge in [-0.3, -0.25) is 10.1 Å². The molecule has 1 heterocycles. The lowest BCUT2D eigenvalue weighted by Crippen LogP contribution is -2.30. The van der Waals surface area contributed by atoms with Crippen molar-refractivity contribution in [3.05, 3.63) is 52.0 Å². The zero-order chi connectivity index (χ0) is 21.7. The molecule has 0 spiro atoms. The lowest BCUT2D eigenvalue weighted by Gasteiger charge is -2.14. The summed E-state index contributed by atoms with van der Waals surface area (Å²) in [7, 11) is 0. The number of esters is 1. The van der Waals surface area contributed by atoms with Crippen molar-refractivity contribution in [2.24, 2.45) is 0 Å². The lowest BCUT2D eigenvalue weighted by atomic mass is 10.2. The van der Waals surface area contributed by atoms with Crippen molar-refractivity contribution in [1.82, 2.24) is 4.98 Å². The summed E-state index contributed by atoms with van der Waals surface area (Å²) in [5.41, 5.74) is 1.13. The van der Waals surface area contributed by atoms with E-state index in [0.717, 1.165) is 17.5 Å². The zero-order valence-electron chi connectivity index (χ0n) is 16.4. The average molecular weight is 467 g/mol. The molecule has 2 aromatic carbocycles. The third-order valence-electron chi connectivity index (χ3n) is 4.15. The van der Waals surface area contributed by atoms with Gasteiger partial charge in [0.25, 0.3) is 5.91 Å². The van der Waals surface area contributed by atoms with Crippen LogP contribution < -0.4 is 10.1 Å². The minimum Gasteiger partial charge on any atom is -0.479 e. The largest absolute Gasteiger partial charge is 0.479 e. The third kappa shape index (κ3) is 5.62. The molecule has 0 radical (unpaired) electrons. The molecule has 0 aliphatic carbocycles. The molecule has 1 amide bonds. The van der Waals surface area contributed by atoms with Crippen LogP contribution >= 0.6 is 34.5 Å². The molecule has 0 fully saturated rings. The number of amides is 1. The standard InChI is InChI=1S/C21H20Cl2N2O4S/c1-3-4-9-28-20(27)13-5-7-16-18(10-13)30-21(24-16)25-19(26)12(2)29-17-8-6-14(22)11-15(17)23/h5-8,10-12H,3-4,9H2,1-2H3,(H,24,25,26)/t12-/m1/s1. The molecule has 1 N–H and O–H groups in total. The highest BCUT2D eigenvalue weighted by Gasteiger charge is 2.18. The molecule has 1 atom stereocenters. The Morgan fingerprint density at radius 1 is 1.20 bits per heavy atom. The third-order valence-corrected chi connectivity index (χ3v) is 5.62. The molecule has 0 unspecified atom stereocenters. The fourth-order valence-electron chi connectivity index (χ4n) is 2.52. The Morgan fingerprint density at radius 3 is 2.73 bits per heavy atom. The molecule has 0 saturated carbocycles. The highest BCUT2D eigenvalue weighted by molar-refractivity contribution is 7.22. The van der Waals surface area contributed by atoms with Crippen LogP contribution in [0, 0.1) is 0 Å². The van der Waals surface area contributed by atoms with Gasteiger partial charge in [-0.1, -0.05) is 47.9 Å². The van der Waals surface area contributed by atoms with Crippen molar-refractivity contribution in [3.63, 3.8) is 0 Å². The van der Waals surface area contributed by atoms with Crippen molar-refractivity contribution in [2.75, 3.05) is 11.9 Å². The van der Waals surface area contributed by atoms with E-state index in [2.05, 4.69) is 10.3 Å². The van der Waals surface area contributed by atoms with E-state index < -0.39 is 6.10 Å². The smallest absolute Gasteiger partial charge is 0.338 e. The van der Waals surface area contributed by atoms with E-state index >= 15 is 0 Å². The summed E-state index contributed by atoms with van der Waals surface area (Å²) in [4.78, 5) is 29.0. The minimum atomic E-state index is -0.806. The predicted octanol–water partition coefficient (Wildman–Crippen LogP) is 5.97. The van der Waals surface area contributed by atoms with Crippen molar-refractivity contribution in [3.8, 4) is 5.75 Å². The van der Waals surface area contributed by atoms with E-state index in [1.807, 2.05) is 6.92 Å². The van der Waals surface area contributed by atoms with Gasteiger partial charge in [0.2, 0.25) is 0 Å². The Balaban J connectivity index is 1.66. The molecule has 0 aliphatic rings. The van der Waals surface area contributed by atoms with E-state index in [1.54, 1.807) is 43.3 Å². The monoisotopic (exact) mass is 466 g/mol. The molecule has 3 aromatic rings. The molecule has 30 heavy (non-hydrogen) atoms. The van der Waals surface area contributed by atoms with E-state index in [4.69, 9.17) is 32.7 Å². The molecule has 1 aromatic heterocycles. The number of rotatable bonds is 8. The first-order valence-corrected chi connectivity index (χ1v) is 10.9. The Kier molecular flexibility index (Phi) is 7.53. The number of benzene rings is 2. The second-order valence-corrected chi connectivity index (χ2v) is 8.39. The molecule has 9 heteroatoms. The van der Waals surface area contributed by atoms with Gasteiger partial charge < -0.3 is 9.47 Å². The van der Waals surface area contributed by atoms with Gasteiger partial charge in [0.1, 0.15) is 5.75 Å². The summed E-state index contributed by atoms with van der Waals surface area (Å²) in [6.07, 6.45) is 0.975. The van der Waals surface area contributed by atoms with Gasteiger partial charge in [0.15, 0.2) is 11.2 Å². The van der Waals surface area contributed by atoms with Crippen LogP contribution in [0.4, 0.5) is 5.13 Å². The van der Waals surface area contributed by atoms with Gasteiger partial charge in [-0.25, -0.2) is 9.78 Å². The summed E-state index contributed by atoms with van der Waals surface area (Å²) in [6.45, 7) is 4.04. The molecule has 0 bridgehead atoms. The first kappa shape index (κ1) is 22.3. The maximum Gasteiger partial charge on any atom is 0.338 e. The molecule has 0 aliphatic heterocycles. The molecule has 0 saturated heterocycles. The van der Waals surface area contributed by atoms with E-state index in [-0.39, 0.29) is 11.9 Å². The Labute approximate surface area is 188 Å². The number of anilines is 1. The number of aromatic nitrogens is 1. The summed E-state index contributed by atoms with van der Waals surface area (Å²) in [6, 6.07) is 9.88. The lowest BCUT2D eigenvalue weighted by molar-refractivity contribution is -0.122. The zero-order valence-corrected chi connectivity index (χ0v) is 18.7. The number of hydrogen-bond acceptors (Lipinski definition) is 6. The Morgan fingerprint density at radius 2 is 2.00 bits per heavy atom. The number of carbonyl (C=O) groups is 2. The van der Waals surface area contributed by atoms with Crippen LogP contribution in [0.5, 0.6) is 5.75 Å². The van der Waals surface area contributed by atoms with Crippen molar-refractivity contribution < 1.29 is 19.1 Å². The van der Waals surface area contributed by atoms with Gasteiger partial charge >= 0.3 is 5.97 Å². The first-order chi connectivity index (χ1) is 14.4. The van der Waals surface area contributed by atoms with Crippen molar-refractivity contribution >= 4 is 61.8 Å². The number of halogens is 2. The highest BCUT2D eigenvalue weighted by Crippen LogP contribution is 2.30. The molecule has 158 valence electrons. The molecule has 6 nitrogen and oxygen atoms in total.